The first-order chi connectivity index (χ1) is 13.8. The first-order valence-corrected chi connectivity index (χ1v) is 9.02. The zero-order chi connectivity index (χ0) is 23.4. The van der Waals surface area contributed by atoms with Crippen LogP contribution in [-0.4, -0.2) is 70.5 Å². The second-order valence-electron chi connectivity index (χ2n) is 6.81. The van der Waals surface area contributed by atoms with Crippen molar-refractivity contribution in [2.24, 2.45) is 17.8 Å². The van der Waals surface area contributed by atoms with Gasteiger partial charge in [0.25, 0.3) is 0 Å². The molecule has 0 heterocycles. The fourth-order valence-electron chi connectivity index (χ4n) is 1.93. The number of hydrogen-bond acceptors (Lipinski definition) is 9. The Morgan fingerprint density at radius 2 is 1.13 bits per heavy atom. The average Bonchev–Trinajstić information content (AvgIpc) is 2.62. The Balaban J connectivity index is 4.90. The highest BCUT2D eigenvalue weighted by molar-refractivity contribution is 5.80. The number of carbonyl (C=O) groups is 6. The first kappa shape index (κ1) is 26.8. The highest BCUT2D eigenvalue weighted by Crippen LogP contribution is 2.10. The molecule has 0 aromatic carbocycles. The van der Waals surface area contributed by atoms with Gasteiger partial charge in [-0.15, -0.1) is 0 Å². The first-order valence-electron chi connectivity index (χ1n) is 9.02. The second-order valence-corrected chi connectivity index (χ2v) is 6.81. The number of esters is 3. The summed E-state index contributed by atoms with van der Waals surface area (Å²) in [5, 5.41) is 26.3. The van der Waals surface area contributed by atoms with Crippen LogP contribution >= 0.6 is 0 Å². The van der Waals surface area contributed by atoms with E-state index in [1.165, 1.54) is 20.8 Å². The Kier molecular flexibility index (Phi) is 11.7. The zero-order valence-electron chi connectivity index (χ0n) is 16.9. The van der Waals surface area contributed by atoms with Crippen LogP contribution in [0.25, 0.3) is 0 Å². The summed E-state index contributed by atoms with van der Waals surface area (Å²) in [4.78, 5) is 67.6. The van der Waals surface area contributed by atoms with Gasteiger partial charge < -0.3 is 29.5 Å². The van der Waals surface area contributed by atoms with Crippen molar-refractivity contribution in [1.29, 1.82) is 0 Å². The van der Waals surface area contributed by atoms with Gasteiger partial charge in [0.15, 0.2) is 6.10 Å². The third-order valence-corrected chi connectivity index (χ3v) is 3.81. The molecule has 0 saturated heterocycles. The van der Waals surface area contributed by atoms with Gasteiger partial charge >= 0.3 is 35.8 Å². The van der Waals surface area contributed by atoms with Crippen LogP contribution in [0.15, 0.2) is 0 Å². The largest absolute Gasteiger partial charge is 0.481 e. The maximum atomic E-state index is 11.9. The fourth-order valence-corrected chi connectivity index (χ4v) is 1.93. The van der Waals surface area contributed by atoms with Crippen molar-refractivity contribution in [2.75, 3.05) is 13.2 Å². The van der Waals surface area contributed by atoms with E-state index in [9.17, 15) is 28.8 Å². The summed E-state index contributed by atoms with van der Waals surface area (Å²) in [6, 6.07) is 0. The van der Waals surface area contributed by atoms with Crippen molar-refractivity contribution < 1.29 is 58.3 Å². The van der Waals surface area contributed by atoms with E-state index in [0.29, 0.717) is 0 Å². The molecular weight excluding hydrogens is 408 g/mol. The normalized spacial score (nSPS) is 14.5. The van der Waals surface area contributed by atoms with Gasteiger partial charge in [0.05, 0.1) is 37.0 Å². The minimum atomic E-state index is -1.29. The summed E-state index contributed by atoms with van der Waals surface area (Å²) < 4.78 is 14.7. The van der Waals surface area contributed by atoms with E-state index in [1.807, 2.05) is 0 Å². The quantitative estimate of drug-likeness (QED) is 0.251. The Morgan fingerprint density at radius 3 is 1.60 bits per heavy atom. The zero-order valence-corrected chi connectivity index (χ0v) is 16.9. The van der Waals surface area contributed by atoms with E-state index in [4.69, 9.17) is 29.5 Å². The average molecular weight is 434 g/mol. The van der Waals surface area contributed by atoms with Crippen molar-refractivity contribution >= 4 is 35.8 Å². The van der Waals surface area contributed by atoms with Crippen LogP contribution in [0.1, 0.15) is 40.0 Å². The molecule has 12 nitrogen and oxygen atoms in total. The lowest BCUT2D eigenvalue weighted by molar-refractivity contribution is -0.170. The minimum Gasteiger partial charge on any atom is -0.481 e. The molecule has 0 aliphatic rings. The van der Waals surface area contributed by atoms with Crippen molar-refractivity contribution in [2.45, 2.75) is 46.1 Å². The number of rotatable bonds is 14. The topological polar surface area (TPSA) is 191 Å². The Hall–Kier alpha value is -3.18. The van der Waals surface area contributed by atoms with Gasteiger partial charge in [-0.25, -0.2) is 0 Å². The number of ether oxygens (including phenoxy) is 3. The molecule has 0 aromatic heterocycles. The molecule has 170 valence electrons. The lowest BCUT2D eigenvalue weighted by atomic mass is 10.1. The molecule has 0 amide bonds. The van der Waals surface area contributed by atoms with Crippen LogP contribution < -0.4 is 0 Å². The SMILES string of the molecule is CC(CC(=O)OCC(COC(=O)C(C)CC(=O)O)OC(=O)CC(C)C(=O)O)C(=O)O. The summed E-state index contributed by atoms with van der Waals surface area (Å²) in [5.41, 5.74) is 0. The van der Waals surface area contributed by atoms with Gasteiger partial charge in [-0.05, 0) is 0 Å². The van der Waals surface area contributed by atoms with Crippen LogP contribution in [0.2, 0.25) is 0 Å². The summed E-state index contributed by atoms with van der Waals surface area (Å²) in [7, 11) is 0. The highest BCUT2D eigenvalue weighted by atomic mass is 16.6. The molecule has 0 fully saturated rings. The van der Waals surface area contributed by atoms with E-state index in [1.54, 1.807) is 0 Å². The fraction of sp³-hybridized carbons (Fsp3) is 0.667. The van der Waals surface area contributed by atoms with Crippen LogP contribution in [0.5, 0.6) is 0 Å². The predicted octanol–water partition coefficient (Wildman–Crippen LogP) is 0.317. The second kappa shape index (κ2) is 13.1. The van der Waals surface area contributed by atoms with Crippen LogP contribution in [0.4, 0.5) is 0 Å². The molecule has 3 N–H and O–H groups in total. The van der Waals surface area contributed by atoms with Gasteiger partial charge in [-0.1, -0.05) is 20.8 Å². The summed E-state index contributed by atoms with van der Waals surface area (Å²) >= 11 is 0. The molecule has 4 atom stereocenters. The molecule has 0 rings (SSSR count). The predicted molar refractivity (Wildman–Crippen MR) is 96.0 cm³/mol. The maximum Gasteiger partial charge on any atom is 0.309 e. The molecule has 0 bridgehead atoms. The lowest BCUT2D eigenvalue weighted by Crippen LogP contribution is -2.33. The molecule has 0 aliphatic carbocycles. The third-order valence-electron chi connectivity index (χ3n) is 3.81. The molecule has 12 heteroatoms. The Labute approximate surface area is 172 Å². The Bertz CT molecular complexity index is 656. The van der Waals surface area contributed by atoms with E-state index < -0.39 is 92.1 Å². The molecular formula is C18H26O12. The van der Waals surface area contributed by atoms with Gasteiger partial charge in [-0.2, -0.15) is 0 Å². The van der Waals surface area contributed by atoms with Gasteiger partial charge in [-0.3, -0.25) is 28.8 Å². The van der Waals surface area contributed by atoms with Crippen LogP contribution in [0.3, 0.4) is 0 Å². The van der Waals surface area contributed by atoms with Crippen molar-refractivity contribution in [1.82, 2.24) is 0 Å². The van der Waals surface area contributed by atoms with Crippen LogP contribution in [0, 0.1) is 17.8 Å². The lowest BCUT2D eigenvalue weighted by Gasteiger charge is -2.20. The van der Waals surface area contributed by atoms with E-state index in [0.717, 1.165) is 0 Å². The molecule has 0 spiro atoms. The molecule has 4 unspecified atom stereocenters. The van der Waals surface area contributed by atoms with Crippen molar-refractivity contribution in [3.63, 3.8) is 0 Å². The number of carboxylic acid groups (broad SMARTS) is 3. The van der Waals surface area contributed by atoms with E-state index in [-0.39, 0.29) is 0 Å². The van der Waals surface area contributed by atoms with Crippen molar-refractivity contribution in [3.05, 3.63) is 0 Å². The minimum absolute atomic E-state index is 0.443. The monoisotopic (exact) mass is 434 g/mol. The summed E-state index contributed by atoms with van der Waals surface area (Å²) in [6.45, 7) is 2.75. The van der Waals surface area contributed by atoms with Crippen LogP contribution in [-0.2, 0) is 43.0 Å². The number of carbonyl (C=O) groups excluding carboxylic acids is 3. The van der Waals surface area contributed by atoms with E-state index in [2.05, 4.69) is 0 Å². The standard InChI is InChI=1S/C18H26O12/c1-9(16(23)24)5-14(21)28-7-12(30-15(22)6-10(2)17(25)26)8-29-18(27)11(3)4-13(19)20/h9-12H,4-8H2,1-3H3,(H,19,20)(H,23,24)(H,25,26). The van der Waals surface area contributed by atoms with Gasteiger partial charge in [0, 0.05) is 0 Å². The molecule has 0 aromatic rings. The van der Waals surface area contributed by atoms with E-state index >= 15 is 0 Å². The highest BCUT2D eigenvalue weighted by Gasteiger charge is 2.25. The number of carboxylic acids is 3. The molecule has 30 heavy (non-hydrogen) atoms. The molecule has 0 aliphatic heterocycles. The number of hydrogen-bond donors (Lipinski definition) is 3. The smallest absolute Gasteiger partial charge is 0.309 e. The van der Waals surface area contributed by atoms with Gasteiger partial charge in [0.2, 0.25) is 0 Å². The Morgan fingerprint density at radius 1 is 0.667 bits per heavy atom. The molecule has 0 saturated carbocycles. The summed E-state index contributed by atoms with van der Waals surface area (Å²) in [6.07, 6.45) is -2.70. The van der Waals surface area contributed by atoms with Gasteiger partial charge in [0.1, 0.15) is 13.2 Å². The molecule has 0 radical (unpaired) electrons. The third kappa shape index (κ3) is 11.6. The summed E-state index contributed by atoms with van der Waals surface area (Å²) in [5.74, 6) is -9.42. The number of aliphatic carboxylic acids is 3. The van der Waals surface area contributed by atoms with Crippen molar-refractivity contribution in [3.8, 4) is 0 Å². The maximum absolute atomic E-state index is 11.9.